The van der Waals surface area contributed by atoms with Crippen LogP contribution < -0.4 is 11.1 Å². The van der Waals surface area contributed by atoms with Crippen LogP contribution in [0.4, 0.5) is 5.69 Å². The quantitative estimate of drug-likeness (QED) is 0.567. The molecule has 0 saturated carbocycles. The van der Waals surface area contributed by atoms with Crippen LogP contribution in [0, 0.1) is 12.8 Å². The van der Waals surface area contributed by atoms with Crippen molar-refractivity contribution in [3.05, 3.63) is 29.3 Å². The first kappa shape index (κ1) is 15.9. The first-order chi connectivity index (χ1) is 9.00. The average Bonchev–Trinajstić information content (AvgIpc) is 2.32. The van der Waals surface area contributed by atoms with Crippen molar-refractivity contribution in [2.24, 2.45) is 11.7 Å². The first-order valence-electron chi connectivity index (χ1n) is 6.72. The van der Waals surface area contributed by atoms with Crippen LogP contribution >= 0.6 is 12.2 Å². The second-order valence-electron chi connectivity index (χ2n) is 5.12. The summed E-state index contributed by atoms with van der Waals surface area (Å²) in [5.41, 5.74) is 8.74. The van der Waals surface area contributed by atoms with E-state index in [-0.39, 0.29) is 0 Å². The third-order valence-corrected chi connectivity index (χ3v) is 3.13. The molecule has 4 heteroatoms. The average molecular weight is 280 g/mol. The van der Waals surface area contributed by atoms with Crippen LogP contribution in [0.15, 0.2) is 18.2 Å². The van der Waals surface area contributed by atoms with Crippen LogP contribution in [0.1, 0.15) is 31.4 Å². The number of nitrogens with one attached hydrogen (secondary N) is 1. The summed E-state index contributed by atoms with van der Waals surface area (Å²) in [5.74, 6) is 0.697. The molecule has 0 saturated heterocycles. The molecule has 3 nitrogen and oxygen atoms in total. The van der Waals surface area contributed by atoms with Gasteiger partial charge in [0, 0.05) is 24.4 Å². The molecule has 0 spiro atoms. The number of nitrogens with two attached hydrogens (primary N) is 1. The Morgan fingerprint density at radius 1 is 1.37 bits per heavy atom. The Labute approximate surface area is 121 Å². The van der Waals surface area contributed by atoms with Gasteiger partial charge in [-0.05, 0) is 43.0 Å². The molecule has 106 valence electrons. The summed E-state index contributed by atoms with van der Waals surface area (Å²) in [6.07, 6.45) is 1.11. The summed E-state index contributed by atoms with van der Waals surface area (Å²) in [6.45, 7) is 8.78. The Morgan fingerprint density at radius 3 is 2.68 bits per heavy atom. The number of benzene rings is 1. The van der Waals surface area contributed by atoms with Crippen molar-refractivity contribution < 1.29 is 4.74 Å². The van der Waals surface area contributed by atoms with Crippen molar-refractivity contribution in [2.75, 3.05) is 25.1 Å². The van der Waals surface area contributed by atoms with E-state index >= 15 is 0 Å². The Morgan fingerprint density at radius 2 is 2.11 bits per heavy atom. The van der Waals surface area contributed by atoms with E-state index in [4.69, 9.17) is 22.7 Å². The van der Waals surface area contributed by atoms with E-state index in [1.807, 2.05) is 19.1 Å². The van der Waals surface area contributed by atoms with E-state index in [1.54, 1.807) is 0 Å². The SMILES string of the molecule is Cc1cc(NCCOCCC(C)C)ccc1C(N)=S. The summed E-state index contributed by atoms with van der Waals surface area (Å²) < 4.78 is 5.56. The van der Waals surface area contributed by atoms with Gasteiger partial charge in [0.15, 0.2) is 0 Å². The highest BCUT2D eigenvalue weighted by Gasteiger charge is 2.02. The predicted octanol–water partition coefficient (Wildman–Crippen LogP) is 3.10. The van der Waals surface area contributed by atoms with Gasteiger partial charge in [-0.15, -0.1) is 0 Å². The smallest absolute Gasteiger partial charge is 0.104 e. The monoisotopic (exact) mass is 280 g/mol. The Hall–Kier alpha value is -1.13. The maximum atomic E-state index is 5.64. The van der Waals surface area contributed by atoms with Gasteiger partial charge in [0.1, 0.15) is 4.99 Å². The van der Waals surface area contributed by atoms with Crippen molar-refractivity contribution in [1.82, 2.24) is 0 Å². The summed E-state index contributed by atoms with van der Waals surface area (Å²) in [6, 6.07) is 6.01. The summed E-state index contributed by atoms with van der Waals surface area (Å²) in [7, 11) is 0. The number of ether oxygens (including phenoxy) is 1. The minimum Gasteiger partial charge on any atom is -0.389 e. The van der Waals surface area contributed by atoms with Crippen molar-refractivity contribution >= 4 is 22.9 Å². The van der Waals surface area contributed by atoms with Crippen molar-refractivity contribution in [2.45, 2.75) is 27.2 Å². The molecule has 0 aromatic heterocycles. The molecule has 3 N–H and O–H groups in total. The number of aryl methyl sites for hydroxylation is 1. The molecule has 1 aromatic rings. The van der Waals surface area contributed by atoms with Gasteiger partial charge < -0.3 is 15.8 Å². The minimum absolute atomic E-state index is 0.445. The Bertz CT molecular complexity index is 419. The zero-order valence-corrected chi connectivity index (χ0v) is 12.8. The normalized spacial score (nSPS) is 10.7. The van der Waals surface area contributed by atoms with Crippen LogP contribution in [-0.2, 0) is 4.74 Å². The van der Waals surface area contributed by atoms with E-state index < -0.39 is 0 Å². The van der Waals surface area contributed by atoms with Gasteiger partial charge in [-0.1, -0.05) is 26.1 Å². The fourth-order valence-corrected chi connectivity index (χ4v) is 1.97. The number of anilines is 1. The Kier molecular flexibility index (Phi) is 6.81. The van der Waals surface area contributed by atoms with Gasteiger partial charge in [0.25, 0.3) is 0 Å². The standard InChI is InChI=1S/C15H24N2OS/c1-11(2)6-8-18-9-7-17-13-4-5-14(15(16)19)12(3)10-13/h4-5,10-11,17H,6-9H2,1-3H3,(H2,16,19). The maximum absolute atomic E-state index is 5.64. The molecular formula is C15H24N2OS. The molecule has 1 rings (SSSR count). The number of hydrogen-bond acceptors (Lipinski definition) is 3. The van der Waals surface area contributed by atoms with Crippen molar-refractivity contribution in [3.63, 3.8) is 0 Å². The molecule has 0 atom stereocenters. The minimum atomic E-state index is 0.445. The summed E-state index contributed by atoms with van der Waals surface area (Å²) >= 11 is 4.99. The molecule has 0 aliphatic carbocycles. The van der Waals surface area contributed by atoms with E-state index in [2.05, 4.69) is 25.2 Å². The predicted molar refractivity (Wildman–Crippen MR) is 85.8 cm³/mol. The lowest BCUT2D eigenvalue weighted by Gasteiger charge is -2.10. The molecule has 0 fully saturated rings. The number of hydrogen-bond donors (Lipinski definition) is 2. The van der Waals surface area contributed by atoms with Crippen LogP contribution in [0.2, 0.25) is 0 Å². The summed E-state index contributed by atoms with van der Waals surface area (Å²) in [5, 5.41) is 3.33. The van der Waals surface area contributed by atoms with Gasteiger partial charge in [0.2, 0.25) is 0 Å². The Balaban J connectivity index is 2.30. The second kappa shape index (κ2) is 8.12. The maximum Gasteiger partial charge on any atom is 0.104 e. The molecule has 0 amide bonds. The largest absolute Gasteiger partial charge is 0.389 e. The van der Waals surface area contributed by atoms with Gasteiger partial charge in [-0.25, -0.2) is 0 Å². The topological polar surface area (TPSA) is 47.3 Å². The van der Waals surface area contributed by atoms with Gasteiger partial charge in [-0.2, -0.15) is 0 Å². The zero-order chi connectivity index (χ0) is 14.3. The van der Waals surface area contributed by atoms with Crippen LogP contribution in [0.5, 0.6) is 0 Å². The van der Waals surface area contributed by atoms with Gasteiger partial charge in [-0.3, -0.25) is 0 Å². The third-order valence-electron chi connectivity index (χ3n) is 2.91. The molecule has 19 heavy (non-hydrogen) atoms. The summed E-state index contributed by atoms with van der Waals surface area (Å²) in [4.78, 5) is 0.445. The van der Waals surface area contributed by atoms with E-state index in [0.717, 1.165) is 43.0 Å². The molecule has 1 aromatic carbocycles. The zero-order valence-electron chi connectivity index (χ0n) is 12.0. The fourth-order valence-electron chi connectivity index (χ4n) is 1.74. The molecule has 0 aliphatic heterocycles. The second-order valence-corrected chi connectivity index (χ2v) is 5.56. The highest BCUT2D eigenvalue weighted by atomic mass is 32.1. The van der Waals surface area contributed by atoms with Gasteiger partial charge >= 0.3 is 0 Å². The lowest BCUT2D eigenvalue weighted by molar-refractivity contribution is 0.132. The van der Waals surface area contributed by atoms with Crippen molar-refractivity contribution in [1.29, 1.82) is 0 Å². The van der Waals surface area contributed by atoms with Crippen LogP contribution in [0.3, 0.4) is 0 Å². The van der Waals surface area contributed by atoms with E-state index in [1.165, 1.54) is 0 Å². The van der Waals surface area contributed by atoms with Gasteiger partial charge in [0.05, 0.1) is 6.61 Å². The van der Waals surface area contributed by atoms with E-state index in [9.17, 15) is 0 Å². The first-order valence-corrected chi connectivity index (χ1v) is 7.13. The number of thiocarbonyl (C=S) groups is 1. The van der Waals surface area contributed by atoms with Crippen LogP contribution in [0.25, 0.3) is 0 Å². The van der Waals surface area contributed by atoms with Crippen molar-refractivity contribution in [3.8, 4) is 0 Å². The highest BCUT2D eigenvalue weighted by Crippen LogP contribution is 2.14. The molecule has 0 unspecified atom stereocenters. The molecule has 0 aliphatic rings. The lowest BCUT2D eigenvalue weighted by Crippen LogP contribution is -2.13. The molecule has 0 bridgehead atoms. The molecular weight excluding hydrogens is 256 g/mol. The molecule has 0 radical (unpaired) electrons. The van der Waals surface area contributed by atoms with E-state index in [0.29, 0.717) is 10.9 Å². The number of rotatable bonds is 8. The van der Waals surface area contributed by atoms with Crippen LogP contribution in [-0.4, -0.2) is 24.7 Å². The highest BCUT2D eigenvalue weighted by molar-refractivity contribution is 7.80. The fraction of sp³-hybridized carbons (Fsp3) is 0.533. The lowest BCUT2D eigenvalue weighted by atomic mass is 10.1. The third kappa shape index (κ3) is 6.03. The molecule has 0 heterocycles.